The minimum atomic E-state index is -2.48. The number of methoxy groups -OCH3 is 1. The van der Waals surface area contributed by atoms with Gasteiger partial charge in [0.2, 0.25) is 5.95 Å². The molecule has 4 heterocycles. The van der Waals surface area contributed by atoms with Crippen LogP contribution in [0, 0.1) is 6.92 Å². The standard InChI is InChI=1S/C22H25F2N7O/c1-13-26-18-8-7-17(28-21(18)30(13)12-20(23)24)16-9-10-31-19(16)11-25-22(29-31)27-14-3-5-15(32-2)6-4-14/h7-11,14-15,20H,3-6,12H2,1-2H3,(H,27,29)/t14-,15-. The summed E-state index contributed by atoms with van der Waals surface area (Å²) < 4.78 is 34.7. The molecular weight excluding hydrogens is 416 g/mol. The lowest BCUT2D eigenvalue weighted by Gasteiger charge is -2.28. The quantitative estimate of drug-likeness (QED) is 0.486. The lowest BCUT2D eigenvalue weighted by atomic mass is 9.93. The molecule has 4 aromatic rings. The summed E-state index contributed by atoms with van der Waals surface area (Å²) >= 11 is 0. The predicted octanol–water partition coefficient (Wildman–Crippen LogP) is 4.08. The van der Waals surface area contributed by atoms with Crippen LogP contribution in [0.2, 0.25) is 0 Å². The van der Waals surface area contributed by atoms with Gasteiger partial charge in [-0.25, -0.2) is 28.2 Å². The molecule has 0 radical (unpaired) electrons. The summed E-state index contributed by atoms with van der Waals surface area (Å²) in [4.78, 5) is 13.5. The second kappa shape index (κ2) is 8.42. The molecule has 0 amide bonds. The first-order valence-electron chi connectivity index (χ1n) is 10.8. The molecule has 10 heteroatoms. The molecule has 0 bridgehead atoms. The first-order valence-corrected chi connectivity index (χ1v) is 10.8. The number of ether oxygens (including phenoxy) is 1. The molecule has 1 aliphatic rings. The molecule has 0 atom stereocenters. The lowest BCUT2D eigenvalue weighted by molar-refractivity contribution is 0.0681. The van der Waals surface area contributed by atoms with E-state index in [1.54, 1.807) is 24.7 Å². The van der Waals surface area contributed by atoms with E-state index >= 15 is 0 Å². The number of aryl methyl sites for hydroxylation is 1. The summed E-state index contributed by atoms with van der Waals surface area (Å²) in [5.41, 5.74) is 3.34. The smallest absolute Gasteiger partial charge is 0.256 e. The SMILES string of the molecule is CO[C@H]1CC[C@H](Nc2ncc3c(-c4ccc5nc(C)n(CC(F)F)c5n4)ccn3n2)CC1. The van der Waals surface area contributed by atoms with Crippen molar-refractivity contribution in [1.29, 1.82) is 0 Å². The highest BCUT2D eigenvalue weighted by Crippen LogP contribution is 2.27. The van der Waals surface area contributed by atoms with E-state index in [0.29, 0.717) is 40.8 Å². The number of nitrogens with zero attached hydrogens (tertiary/aromatic N) is 6. The van der Waals surface area contributed by atoms with Crippen LogP contribution >= 0.6 is 0 Å². The molecule has 1 N–H and O–H groups in total. The second-order valence-electron chi connectivity index (χ2n) is 8.19. The van der Waals surface area contributed by atoms with Gasteiger partial charge in [0.1, 0.15) is 11.3 Å². The van der Waals surface area contributed by atoms with Crippen LogP contribution in [0.3, 0.4) is 0 Å². The molecular formula is C22H25F2N7O. The van der Waals surface area contributed by atoms with Crippen LogP contribution in [0.5, 0.6) is 0 Å². The zero-order valence-electron chi connectivity index (χ0n) is 18.0. The van der Waals surface area contributed by atoms with Crippen molar-refractivity contribution in [2.24, 2.45) is 0 Å². The topological polar surface area (TPSA) is 82.2 Å². The summed E-state index contributed by atoms with van der Waals surface area (Å²) in [6, 6.07) is 5.89. The van der Waals surface area contributed by atoms with Crippen molar-refractivity contribution in [2.45, 2.75) is 57.7 Å². The van der Waals surface area contributed by atoms with Crippen LogP contribution in [0.15, 0.2) is 30.6 Å². The molecule has 5 rings (SSSR count). The van der Waals surface area contributed by atoms with E-state index < -0.39 is 13.0 Å². The van der Waals surface area contributed by atoms with E-state index in [1.165, 1.54) is 4.57 Å². The first kappa shape index (κ1) is 20.7. The number of nitrogens with one attached hydrogen (secondary N) is 1. The van der Waals surface area contributed by atoms with Crippen LogP contribution in [0.1, 0.15) is 31.5 Å². The molecule has 32 heavy (non-hydrogen) atoms. The van der Waals surface area contributed by atoms with Crippen molar-refractivity contribution in [3.63, 3.8) is 0 Å². The van der Waals surface area contributed by atoms with E-state index in [9.17, 15) is 8.78 Å². The van der Waals surface area contributed by atoms with Crippen molar-refractivity contribution in [2.75, 3.05) is 12.4 Å². The Morgan fingerprint density at radius 3 is 2.72 bits per heavy atom. The molecule has 168 valence electrons. The van der Waals surface area contributed by atoms with Crippen LogP contribution in [0.4, 0.5) is 14.7 Å². The Balaban J connectivity index is 1.42. The number of aromatic nitrogens is 6. The van der Waals surface area contributed by atoms with Crippen LogP contribution in [0.25, 0.3) is 27.9 Å². The average molecular weight is 441 g/mol. The maximum Gasteiger partial charge on any atom is 0.256 e. The van der Waals surface area contributed by atoms with Gasteiger partial charge >= 0.3 is 0 Å². The van der Waals surface area contributed by atoms with Crippen molar-refractivity contribution in [3.8, 4) is 11.3 Å². The number of imidazole rings is 1. The van der Waals surface area contributed by atoms with Crippen LogP contribution < -0.4 is 5.32 Å². The molecule has 1 fully saturated rings. The van der Waals surface area contributed by atoms with Gasteiger partial charge in [0.25, 0.3) is 6.43 Å². The van der Waals surface area contributed by atoms with E-state index in [0.717, 1.165) is 36.8 Å². The fourth-order valence-electron chi connectivity index (χ4n) is 4.43. The second-order valence-corrected chi connectivity index (χ2v) is 8.19. The monoisotopic (exact) mass is 441 g/mol. The summed E-state index contributed by atoms with van der Waals surface area (Å²) in [6.07, 6.45) is 5.58. The summed E-state index contributed by atoms with van der Waals surface area (Å²) in [5.74, 6) is 1.10. The molecule has 0 unspecified atom stereocenters. The third-order valence-corrected chi connectivity index (χ3v) is 6.14. The molecule has 0 spiro atoms. The number of halogens is 2. The van der Waals surface area contributed by atoms with E-state index in [1.807, 2.05) is 24.4 Å². The number of hydrogen-bond acceptors (Lipinski definition) is 6. The van der Waals surface area contributed by atoms with Crippen molar-refractivity contribution >= 4 is 22.6 Å². The third kappa shape index (κ3) is 3.90. The molecule has 1 saturated carbocycles. The fourth-order valence-corrected chi connectivity index (χ4v) is 4.43. The Morgan fingerprint density at radius 2 is 1.97 bits per heavy atom. The van der Waals surface area contributed by atoms with Gasteiger partial charge in [0, 0.05) is 24.9 Å². The summed E-state index contributed by atoms with van der Waals surface area (Å²) in [5, 5.41) is 8.02. The van der Waals surface area contributed by atoms with Crippen LogP contribution in [-0.4, -0.2) is 54.8 Å². The molecule has 0 aliphatic heterocycles. The van der Waals surface area contributed by atoms with Gasteiger partial charge < -0.3 is 14.6 Å². The van der Waals surface area contributed by atoms with Gasteiger partial charge in [0.15, 0.2) is 5.65 Å². The zero-order chi connectivity index (χ0) is 22.2. The van der Waals surface area contributed by atoms with Crippen molar-refractivity contribution in [1.82, 2.24) is 29.1 Å². The number of rotatable bonds is 6. The van der Waals surface area contributed by atoms with Crippen molar-refractivity contribution < 1.29 is 13.5 Å². The third-order valence-electron chi connectivity index (χ3n) is 6.14. The fraction of sp³-hybridized carbons (Fsp3) is 0.455. The van der Waals surface area contributed by atoms with Gasteiger partial charge in [0.05, 0.1) is 30.1 Å². The number of anilines is 1. The predicted molar refractivity (Wildman–Crippen MR) is 117 cm³/mol. The molecule has 1 aliphatic carbocycles. The molecule has 4 aromatic heterocycles. The highest BCUT2D eigenvalue weighted by atomic mass is 19.3. The maximum atomic E-state index is 13.0. The summed E-state index contributed by atoms with van der Waals surface area (Å²) in [7, 11) is 1.76. The largest absolute Gasteiger partial charge is 0.381 e. The Kier molecular flexibility index (Phi) is 5.46. The van der Waals surface area contributed by atoms with Gasteiger partial charge in [-0.15, -0.1) is 5.10 Å². The van der Waals surface area contributed by atoms with E-state index in [2.05, 4.69) is 25.4 Å². The van der Waals surface area contributed by atoms with Crippen LogP contribution in [-0.2, 0) is 11.3 Å². The molecule has 0 aromatic carbocycles. The number of alkyl halides is 2. The zero-order valence-corrected chi connectivity index (χ0v) is 18.0. The number of pyridine rings is 1. The Bertz CT molecular complexity index is 1240. The average Bonchev–Trinajstić information content (AvgIpc) is 3.34. The normalized spacial score (nSPS) is 19.3. The summed E-state index contributed by atoms with van der Waals surface area (Å²) in [6.45, 7) is 1.28. The van der Waals surface area contributed by atoms with Gasteiger partial charge in [-0.1, -0.05) is 0 Å². The highest BCUT2D eigenvalue weighted by molar-refractivity contribution is 5.82. The molecule has 8 nitrogen and oxygen atoms in total. The van der Waals surface area contributed by atoms with Crippen molar-refractivity contribution in [3.05, 3.63) is 36.4 Å². The van der Waals surface area contributed by atoms with Gasteiger partial charge in [-0.3, -0.25) is 0 Å². The minimum Gasteiger partial charge on any atom is -0.381 e. The number of hydrogen-bond donors (Lipinski definition) is 1. The Labute approximate surface area is 183 Å². The Hall–Kier alpha value is -3.14. The van der Waals surface area contributed by atoms with E-state index in [4.69, 9.17) is 4.74 Å². The maximum absolute atomic E-state index is 13.0. The number of fused-ring (bicyclic) bond motifs is 2. The van der Waals surface area contributed by atoms with Gasteiger partial charge in [-0.05, 0) is 50.8 Å². The van der Waals surface area contributed by atoms with E-state index in [-0.39, 0.29) is 0 Å². The molecule has 0 saturated heterocycles. The lowest BCUT2D eigenvalue weighted by Crippen LogP contribution is -2.30. The Morgan fingerprint density at radius 1 is 1.16 bits per heavy atom. The first-order chi connectivity index (χ1) is 15.5. The van der Waals surface area contributed by atoms with Gasteiger partial charge in [-0.2, -0.15) is 0 Å². The minimum absolute atomic E-state index is 0.330. The highest BCUT2D eigenvalue weighted by Gasteiger charge is 2.22.